The highest BCUT2D eigenvalue weighted by atomic mass is 79.9. The van der Waals surface area contributed by atoms with Gasteiger partial charge in [-0.25, -0.2) is 0 Å². The summed E-state index contributed by atoms with van der Waals surface area (Å²) in [6.45, 7) is 4.25. The summed E-state index contributed by atoms with van der Waals surface area (Å²) in [5, 5.41) is 9.12. The molecule has 0 fully saturated rings. The lowest BCUT2D eigenvalue weighted by Crippen LogP contribution is -2.03. The summed E-state index contributed by atoms with van der Waals surface area (Å²) >= 11 is 3.41. The van der Waals surface area contributed by atoms with E-state index in [2.05, 4.69) is 62.7 Å². The number of aromatic nitrogens is 3. The maximum atomic E-state index is 4.24. The number of alkyl halides is 1. The topological polar surface area (TPSA) is 30.7 Å². The second-order valence-corrected chi connectivity index (χ2v) is 4.89. The van der Waals surface area contributed by atoms with Crippen LogP contribution < -0.4 is 0 Å². The predicted molar refractivity (Wildman–Crippen MR) is 72.4 cm³/mol. The number of aryl methyl sites for hydroxylation is 2. The van der Waals surface area contributed by atoms with Crippen LogP contribution in [0.1, 0.15) is 28.3 Å². The van der Waals surface area contributed by atoms with Crippen LogP contribution in [-0.4, -0.2) is 14.8 Å². The third kappa shape index (κ3) is 2.57. The Balaban J connectivity index is 2.31. The Morgan fingerprint density at radius 1 is 1.18 bits per heavy atom. The van der Waals surface area contributed by atoms with Crippen molar-refractivity contribution < 1.29 is 0 Å². The van der Waals surface area contributed by atoms with Crippen molar-refractivity contribution >= 4 is 15.9 Å². The van der Waals surface area contributed by atoms with E-state index in [0.29, 0.717) is 0 Å². The van der Waals surface area contributed by atoms with E-state index in [1.807, 2.05) is 7.05 Å². The average molecular weight is 294 g/mol. The third-order valence-corrected chi connectivity index (χ3v) is 3.53. The molecule has 0 amide bonds. The van der Waals surface area contributed by atoms with Crippen LogP contribution in [0.3, 0.4) is 0 Å². The van der Waals surface area contributed by atoms with E-state index in [1.54, 1.807) is 0 Å². The summed E-state index contributed by atoms with van der Waals surface area (Å²) < 4.78 is 2.05. The molecule has 90 valence electrons. The molecular weight excluding hydrogens is 278 g/mol. The van der Waals surface area contributed by atoms with E-state index in [9.17, 15) is 0 Å². The standard InChI is InChI=1S/C13H16BrN3/c1-9-4-5-10(2)11(6-9)7-12-15-16-13(8-14)17(12)3/h4-6H,7-8H2,1-3H3. The van der Waals surface area contributed by atoms with E-state index < -0.39 is 0 Å². The average Bonchev–Trinajstić information content (AvgIpc) is 2.65. The van der Waals surface area contributed by atoms with Crippen LogP contribution in [0.2, 0.25) is 0 Å². The van der Waals surface area contributed by atoms with Gasteiger partial charge in [-0.3, -0.25) is 0 Å². The van der Waals surface area contributed by atoms with Gasteiger partial charge in [0.15, 0.2) is 0 Å². The van der Waals surface area contributed by atoms with Crippen molar-refractivity contribution in [1.82, 2.24) is 14.8 Å². The first-order valence-corrected chi connectivity index (χ1v) is 6.73. The zero-order valence-corrected chi connectivity index (χ0v) is 12.0. The van der Waals surface area contributed by atoms with Crippen molar-refractivity contribution in [3.63, 3.8) is 0 Å². The normalized spacial score (nSPS) is 10.8. The molecule has 0 aliphatic carbocycles. The SMILES string of the molecule is Cc1ccc(C)c(Cc2nnc(CBr)n2C)c1. The Labute approximate surface area is 110 Å². The van der Waals surface area contributed by atoms with E-state index in [0.717, 1.165) is 23.4 Å². The molecule has 0 saturated heterocycles. The minimum atomic E-state index is 0.739. The highest BCUT2D eigenvalue weighted by Crippen LogP contribution is 2.15. The summed E-state index contributed by atoms with van der Waals surface area (Å²) in [5.41, 5.74) is 3.91. The third-order valence-electron chi connectivity index (χ3n) is 3.03. The lowest BCUT2D eigenvalue weighted by atomic mass is 10.0. The van der Waals surface area contributed by atoms with Gasteiger partial charge in [-0.05, 0) is 25.0 Å². The first-order chi connectivity index (χ1) is 8.11. The smallest absolute Gasteiger partial charge is 0.143 e. The summed E-state index contributed by atoms with van der Waals surface area (Å²) in [6, 6.07) is 6.52. The molecule has 0 radical (unpaired) electrons. The molecule has 0 saturated carbocycles. The van der Waals surface area contributed by atoms with Gasteiger partial charge in [0.25, 0.3) is 0 Å². The van der Waals surface area contributed by atoms with Gasteiger partial charge in [-0.2, -0.15) is 0 Å². The summed E-state index contributed by atoms with van der Waals surface area (Å²) in [4.78, 5) is 0. The monoisotopic (exact) mass is 293 g/mol. The predicted octanol–water partition coefficient (Wildman–Crippen LogP) is 2.92. The first kappa shape index (κ1) is 12.3. The van der Waals surface area contributed by atoms with Gasteiger partial charge >= 0.3 is 0 Å². The maximum absolute atomic E-state index is 4.24. The molecule has 4 heteroatoms. The second-order valence-electron chi connectivity index (χ2n) is 4.33. The van der Waals surface area contributed by atoms with Gasteiger partial charge in [-0.15, -0.1) is 10.2 Å². The number of hydrogen-bond donors (Lipinski definition) is 0. The highest BCUT2D eigenvalue weighted by Gasteiger charge is 2.09. The minimum Gasteiger partial charge on any atom is -0.317 e. The van der Waals surface area contributed by atoms with Crippen molar-refractivity contribution in [2.45, 2.75) is 25.6 Å². The maximum Gasteiger partial charge on any atom is 0.143 e. The van der Waals surface area contributed by atoms with Gasteiger partial charge in [0.1, 0.15) is 11.6 Å². The summed E-state index contributed by atoms with van der Waals surface area (Å²) in [5.74, 6) is 1.97. The van der Waals surface area contributed by atoms with Gasteiger partial charge in [-0.1, -0.05) is 39.7 Å². The molecule has 0 atom stereocenters. The Hall–Kier alpha value is -1.16. The Morgan fingerprint density at radius 3 is 2.53 bits per heavy atom. The van der Waals surface area contributed by atoms with Crippen LogP contribution in [0.15, 0.2) is 18.2 Å². The number of nitrogens with zero attached hydrogens (tertiary/aromatic N) is 3. The lowest BCUT2D eigenvalue weighted by Gasteiger charge is -2.07. The molecule has 17 heavy (non-hydrogen) atoms. The van der Waals surface area contributed by atoms with Gasteiger partial charge in [0.2, 0.25) is 0 Å². The molecule has 1 aromatic heterocycles. The van der Waals surface area contributed by atoms with Gasteiger partial charge in [0.05, 0.1) is 5.33 Å². The fourth-order valence-corrected chi connectivity index (χ4v) is 2.32. The van der Waals surface area contributed by atoms with Crippen molar-refractivity contribution in [2.75, 3.05) is 0 Å². The lowest BCUT2D eigenvalue weighted by molar-refractivity contribution is 0.791. The van der Waals surface area contributed by atoms with Crippen LogP contribution in [0.5, 0.6) is 0 Å². The Bertz CT molecular complexity index is 531. The van der Waals surface area contributed by atoms with Crippen LogP contribution in [0.25, 0.3) is 0 Å². The molecule has 0 unspecified atom stereocenters. The number of rotatable bonds is 3. The molecule has 2 rings (SSSR count). The minimum absolute atomic E-state index is 0.739. The zero-order chi connectivity index (χ0) is 12.4. The summed E-state index contributed by atoms with van der Waals surface area (Å²) in [6.07, 6.45) is 0.837. The van der Waals surface area contributed by atoms with E-state index in [-0.39, 0.29) is 0 Å². The molecular formula is C13H16BrN3. The fourth-order valence-electron chi connectivity index (χ4n) is 1.83. The summed E-state index contributed by atoms with van der Waals surface area (Å²) in [7, 11) is 2.01. The van der Waals surface area contributed by atoms with Crippen LogP contribution in [0.4, 0.5) is 0 Å². The fraction of sp³-hybridized carbons (Fsp3) is 0.385. The number of halogens is 1. The quantitative estimate of drug-likeness (QED) is 0.815. The zero-order valence-electron chi connectivity index (χ0n) is 10.4. The van der Waals surface area contributed by atoms with Crippen molar-refractivity contribution in [1.29, 1.82) is 0 Å². The van der Waals surface area contributed by atoms with Crippen LogP contribution in [-0.2, 0) is 18.8 Å². The molecule has 1 aromatic carbocycles. The first-order valence-electron chi connectivity index (χ1n) is 5.61. The van der Waals surface area contributed by atoms with E-state index in [4.69, 9.17) is 0 Å². The van der Waals surface area contributed by atoms with Crippen LogP contribution >= 0.6 is 15.9 Å². The van der Waals surface area contributed by atoms with E-state index in [1.165, 1.54) is 16.7 Å². The number of benzene rings is 1. The van der Waals surface area contributed by atoms with Gasteiger partial charge < -0.3 is 4.57 Å². The Morgan fingerprint density at radius 2 is 1.88 bits per heavy atom. The molecule has 0 N–H and O–H groups in total. The molecule has 1 heterocycles. The largest absolute Gasteiger partial charge is 0.317 e. The van der Waals surface area contributed by atoms with Crippen molar-refractivity contribution in [2.24, 2.45) is 7.05 Å². The molecule has 0 aliphatic heterocycles. The molecule has 0 spiro atoms. The molecule has 2 aromatic rings. The van der Waals surface area contributed by atoms with Crippen LogP contribution in [0, 0.1) is 13.8 Å². The van der Waals surface area contributed by atoms with Gasteiger partial charge in [0, 0.05) is 13.5 Å². The second kappa shape index (κ2) is 5.00. The van der Waals surface area contributed by atoms with Crippen molar-refractivity contribution in [3.8, 4) is 0 Å². The molecule has 0 bridgehead atoms. The molecule has 0 aliphatic rings. The highest BCUT2D eigenvalue weighted by molar-refractivity contribution is 9.08. The number of hydrogen-bond acceptors (Lipinski definition) is 2. The molecule has 3 nitrogen and oxygen atoms in total. The Kier molecular flexibility index (Phi) is 3.62. The van der Waals surface area contributed by atoms with E-state index >= 15 is 0 Å². The van der Waals surface area contributed by atoms with Crippen molar-refractivity contribution in [3.05, 3.63) is 46.5 Å².